The zero-order valence-corrected chi connectivity index (χ0v) is 6.96. The van der Waals surface area contributed by atoms with E-state index in [4.69, 9.17) is 4.74 Å². The second kappa shape index (κ2) is 2.48. The summed E-state index contributed by atoms with van der Waals surface area (Å²) in [6, 6.07) is 1.90. The van der Waals surface area contributed by atoms with Gasteiger partial charge in [0.25, 0.3) is 0 Å². The van der Waals surface area contributed by atoms with Gasteiger partial charge in [-0.3, -0.25) is 0 Å². The van der Waals surface area contributed by atoms with Crippen LogP contribution in [-0.2, 0) is 0 Å². The minimum absolute atomic E-state index is 0.600. The summed E-state index contributed by atoms with van der Waals surface area (Å²) in [5.74, 6) is 1.32. The Kier molecular flexibility index (Phi) is 1.46. The van der Waals surface area contributed by atoms with Gasteiger partial charge in [0.2, 0.25) is 5.88 Å². The van der Waals surface area contributed by atoms with Crippen LogP contribution in [0.3, 0.4) is 0 Å². The molecule has 2 aromatic heterocycles. The van der Waals surface area contributed by atoms with E-state index >= 15 is 0 Å². The van der Waals surface area contributed by atoms with Gasteiger partial charge in [0.1, 0.15) is 11.3 Å². The van der Waals surface area contributed by atoms with Gasteiger partial charge >= 0.3 is 0 Å². The van der Waals surface area contributed by atoms with Crippen LogP contribution in [0, 0.1) is 6.92 Å². The molecule has 0 aliphatic heterocycles. The van der Waals surface area contributed by atoms with E-state index in [-0.39, 0.29) is 0 Å². The minimum atomic E-state index is 0.600. The third kappa shape index (κ3) is 0.922. The lowest BCUT2D eigenvalue weighted by atomic mass is 10.4. The van der Waals surface area contributed by atoms with Crippen LogP contribution in [0.15, 0.2) is 12.3 Å². The highest BCUT2D eigenvalue weighted by atomic mass is 16.5. The lowest BCUT2D eigenvalue weighted by Crippen LogP contribution is -1.93. The summed E-state index contributed by atoms with van der Waals surface area (Å²) in [4.78, 5) is 11.4. The Morgan fingerprint density at radius 3 is 3.00 bits per heavy atom. The van der Waals surface area contributed by atoms with Gasteiger partial charge in [-0.25, -0.2) is 4.98 Å². The maximum Gasteiger partial charge on any atom is 0.241 e. The molecule has 0 atom stereocenters. The molecule has 0 radical (unpaired) electrons. The predicted molar refractivity (Wildman–Crippen MR) is 45.2 cm³/mol. The van der Waals surface area contributed by atoms with Crippen molar-refractivity contribution in [1.82, 2.24) is 15.0 Å². The van der Waals surface area contributed by atoms with E-state index in [1.165, 1.54) is 0 Å². The molecule has 0 aromatic carbocycles. The van der Waals surface area contributed by atoms with Gasteiger partial charge in [-0.2, -0.15) is 4.98 Å². The number of nitrogens with zero attached hydrogens (tertiary/aromatic N) is 2. The van der Waals surface area contributed by atoms with Crippen LogP contribution in [0.1, 0.15) is 5.82 Å². The van der Waals surface area contributed by atoms with Crippen molar-refractivity contribution in [2.24, 2.45) is 0 Å². The van der Waals surface area contributed by atoms with E-state index < -0.39 is 0 Å². The lowest BCUT2D eigenvalue weighted by molar-refractivity contribution is 0.400. The molecule has 62 valence electrons. The molecule has 2 aromatic rings. The largest absolute Gasteiger partial charge is 0.479 e. The Labute approximate surface area is 69.6 Å². The van der Waals surface area contributed by atoms with Gasteiger partial charge < -0.3 is 9.72 Å². The Balaban J connectivity index is 2.80. The highest BCUT2D eigenvalue weighted by molar-refractivity contribution is 5.79. The quantitative estimate of drug-likeness (QED) is 0.688. The third-order valence-corrected chi connectivity index (χ3v) is 1.68. The first-order valence-electron chi connectivity index (χ1n) is 3.67. The molecule has 0 saturated heterocycles. The van der Waals surface area contributed by atoms with Crippen LogP contribution in [0.5, 0.6) is 5.88 Å². The summed E-state index contributed by atoms with van der Waals surface area (Å²) in [5, 5.41) is 0. The van der Waals surface area contributed by atoms with Gasteiger partial charge in [0, 0.05) is 6.20 Å². The standard InChI is InChI=1S/C8H9N3O/c1-5-10-6-3-4-9-7(6)8(11-5)12-2/h3-4,9H,1-2H3. The number of aromatic amines is 1. The van der Waals surface area contributed by atoms with Crippen molar-refractivity contribution in [3.8, 4) is 5.88 Å². The third-order valence-electron chi connectivity index (χ3n) is 1.68. The number of fused-ring (bicyclic) bond motifs is 1. The normalized spacial score (nSPS) is 10.5. The molecule has 2 heterocycles. The predicted octanol–water partition coefficient (Wildman–Crippen LogP) is 1.27. The zero-order valence-electron chi connectivity index (χ0n) is 6.96. The fourth-order valence-electron chi connectivity index (χ4n) is 1.18. The van der Waals surface area contributed by atoms with Crippen molar-refractivity contribution >= 4 is 11.0 Å². The zero-order chi connectivity index (χ0) is 8.55. The first-order valence-corrected chi connectivity index (χ1v) is 3.67. The average molecular weight is 163 g/mol. The molecule has 1 N–H and O–H groups in total. The molecule has 0 amide bonds. The maximum atomic E-state index is 5.08. The molecule has 0 unspecified atom stereocenters. The Hall–Kier alpha value is -1.58. The summed E-state index contributed by atoms with van der Waals surface area (Å²) in [6.45, 7) is 1.84. The molecule has 0 fully saturated rings. The van der Waals surface area contributed by atoms with Crippen molar-refractivity contribution in [2.75, 3.05) is 7.11 Å². The van der Waals surface area contributed by atoms with Crippen LogP contribution < -0.4 is 4.74 Å². The number of aryl methyl sites for hydroxylation is 1. The summed E-state index contributed by atoms with van der Waals surface area (Å²) in [5.41, 5.74) is 1.74. The topological polar surface area (TPSA) is 50.8 Å². The average Bonchev–Trinajstić information content (AvgIpc) is 2.50. The van der Waals surface area contributed by atoms with E-state index in [9.17, 15) is 0 Å². The lowest BCUT2D eigenvalue weighted by Gasteiger charge is -2.00. The van der Waals surface area contributed by atoms with Crippen LogP contribution in [0.2, 0.25) is 0 Å². The number of aromatic nitrogens is 3. The van der Waals surface area contributed by atoms with Crippen LogP contribution in [-0.4, -0.2) is 22.1 Å². The van der Waals surface area contributed by atoms with Gasteiger partial charge in [-0.15, -0.1) is 0 Å². The number of H-pyrrole nitrogens is 1. The summed E-state index contributed by atoms with van der Waals surface area (Å²) in [6.07, 6.45) is 1.82. The number of ether oxygens (including phenoxy) is 1. The molecule has 4 heteroatoms. The molecule has 4 nitrogen and oxygen atoms in total. The van der Waals surface area contributed by atoms with Gasteiger partial charge in [0.15, 0.2) is 0 Å². The van der Waals surface area contributed by atoms with Crippen molar-refractivity contribution in [2.45, 2.75) is 6.92 Å². The second-order valence-electron chi connectivity index (χ2n) is 2.52. The number of rotatable bonds is 1. The van der Waals surface area contributed by atoms with Crippen molar-refractivity contribution < 1.29 is 4.74 Å². The van der Waals surface area contributed by atoms with Gasteiger partial charge in [0.05, 0.1) is 12.6 Å². The van der Waals surface area contributed by atoms with Gasteiger partial charge in [-0.05, 0) is 13.0 Å². The molecular formula is C8H9N3O. The van der Waals surface area contributed by atoms with E-state index in [1.807, 2.05) is 19.2 Å². The molecule has 0 aliphatic rings. The van der Waals surface area contributed by atoms with Crippen LogP contribution in [0.25, 0.3) is 11.0 Å². The first kappa shape index (κ1) is 7.09. The minimum Gasteiger partial charge on any atom is -0.479 e. The molecule has 0 bridgehead atoms. The van der Waals surface area contributed by atoms with Crippen molar-refractivity contribution in [3.05, 3.63) is 18.1 Å². The Bertz CT molecular complexity index is 408. The molecule has 0 spiro atoms. The van der Waals surface area contributed by atoms with Crippen LogP contribution >= 0.6 is 0 Å². The van der Waals surface area contributed by atoms with Gasteiger partial charge in [-0.1, -0.05) is 0 Å². The highest BCUT2D eigenvalue weighted by Gasteiger charge is 2.05. The smallest absolute Gasteiger partial charge is 0.241 e. The molecule has 0 saturated carbocycles. The SMILES string of the molecule is COc1nc(C)nc2cc[nH]c12. The van der Waals surface area contributed by atoms with E-state index in [0.29, 0.717) is 5.88 Å². The van der Waals surface area contributed by atoms with E-state index in [1.54, 1.807) is 7.11 Å². The van der Waals surface area contributed by atoms with E-state index in [2.05, 4.69) is 15.0 Å². The molecule has 12 heavy (non-hydrogen) atoms. The van der Waals surface area contributed by atoms with E-state index in [0.717, 1.165) is 16.9 Å². The molecular weight excluding hydrogens is 154 g/mol. The highest BCUT2D eigenvalue weighted by Crippen LogP contribution is 2.19. The summed E-state index contributed by atoms with van der Waals surface area (Å²) < 4.78 is 5.08. The monoisotopic (exact) mass is 163 g/mol. The summed E-state index contributed by atoms with van der Waals surface area (Å²) in [7, 11) is 1.60. The maximum absolute atomic E-state index is 5.08. The Morgan fingerprint density at radius 2 is 2.25 bits per heavy atom. The van der Waals surface area contributed by atoms with Crippen LogP contribution in [0.4, 0.5) is 0 Å². The number of hydrogen-bond acceptors (Lipinski definition) is 3. The molecule has 0 aliphatic carbocycles. The number of nitrogens with one attached hydrogen (secondary N) is 1. The number of hydrogen-bond donors (Lipinski definition) is 1. The van der Waals surface area contributed by atoms with Crippen molar-refractivity contribution in [1.29, 1.82) is 0 Å². The van der Waals surface area contributed by atoms with Crippen molar-refractivity contribution in [3.63, 3.8) is 0 Å². The summed E-state index contributed by atoms with van der Waals surface area (Å²) >= 11 is 0. The Morgan fingerprint density at radius 1 is 1.42 bits per heavy atom. The fraction of sp³-hybridized carbons (Fsp3) is 0.250. The fourth-order valence-corrected chi connectivity index (χ4v) is 1.18. The first-order chi connectivity index (χ1) is 5.81. The molecule has 2 rings (SSSR count). The number of methoxy groups -OCH3 is 1. The second-order valence-corrected chi connectivity index (χ2v) is 2.52.